The zero-order chi connectivity index (χ0) is 12.8. The molecule has 5 nitrogen and oxygen atoms in total. The summed E-state index contributed by atoms with van der Waals surface area (Å²) in [5, 5.41) is 2.98. The summed E-state index contributed by atoms with van der Waals surface area (Å²) in [5.74, 6) is 1.01. The van der Waals surface area contributed by atoms with Gasteiger partial charge in [0.1, 0.15) is 18.0 Å². The first kappa shape index (κ1) is 13.2. The predicted molar refractivity (Wildman–Crippen MR) is 64.8 cm³/mol. The van der Waals surface area contributed by atoms with Crippen LogP contribution >= 0.6 is 0 Å². The van der Waals surface area contributed by atoms with Crippen LogP contribution in [0, 0.1) is 6.92 Å². The van der Waals surface area contributed by atoms with Gasteiger partial charge in [0.2, 0.25) is 0 Å². The molecule has 1 aromatic carbocycles. The molecule has 17 heavy (non-hydrogen) atoms. The third-order valence-corrected chi connectivity index (χ3v) is 2.37. The van der Waals surface area contributed by atoms with Crippen molar-refractivity contribution >= 4 is 11.7 Å². The van der Waals surface area contributed by atoms with Gasteiger partial charge in [0, 0.05) is 6.07 Å². The number of methoxy groups -OCH3 is 3. The van der Waals surface area contributed by atoms with Crippen molar-refractivity contribution in [2.75, 3.05) is 33.2 Å². The number of anilines is 1. The second-order valence-corrected chi connectivity index (χ2v) is 3.45. The number of hydrogen-bond donors (Lipinski definition) is 1. The van der Waals surface area contributed by atoms with E-state index in [4.69, 9.17) is 9.47 Å². The van der Waals surface area contributed by atoms with E-state index in [9.17, 15) is 4.79 Å². The Balaban J connectivity index is 2.93. The fourth-order valence-electron chi connectivity index (χ4n) is 1.46. The van der Waals surface area contributed by atoms with E-state index in [1.54, 1.807) is 20.3 Å². The van der Waals surface area contributed by atoms with Gasteiger partial charge >= 0.3 is 5.97 Å². The normalized spacial score (nSPS) is 9.65. The molecule has 0 spiro atoms. The Kier molecular flexibility index (Phi) is 4.63. The molecule has 0 aliphatic rings. The van der Waals surface area contributed by atoms with E-state index in [1.807, 2.05) is 13.0 Å². The molecule has 0 saturated heterocycles. The van der Waals surface area contributed by atoms with Crippen LogP contribution in [-0.2, 0) is 9.53 Å². The fourth-order valence-corrected chi connectivity index (χ4v) is 1.46. The zero-order valence-corrected chi connectivity index (χ0v) is 10.5. The van der Waals surface area contributed by atoms with E-state index < -0.39 is 0 Å². The molecular weight excluding hydrogens is 222 g/mol. The number of nitrogens with one attached hydrogen (secondary N) is 1. The van der Waals surface area contributed by atoms with Crippen LogP contribution < -0.4 is 14.8 Å². The van der Waals surface area contributed by atoms with E-state index in [1.165, 1.54) is 7.11 Å². The van der Waals surface area contributed by atoms with Gasteiger partial charge in [0.15, 0.2) is 0 Å². The molecule has 1 aromatic rings. The van der Waals surface area contributed by atoms with Crippen LogP contribution in [0.3, 0.4) is 0 Å². The van der Waals surface area contributed by atoms with Crippen LogP contribution in [0.15, 0.2) is 12.1 Å². The molecule has 0 saturated carbocycles. The van der Waals surface area contributed by atoms with E-state index in [-0.39, 0.29) is 12.5 Å². The smallest absolute Gasteiger partial charge is 0.325 e. The van der Waals surface area contributed by atoms with Crippen LogP contribution in [0.5, 0.6) is 11.5 Å². The Bertz CT molecular complexity index is 404. The molecule has 1 N–H and O–H groups in total. The van der Waals surface area contributed by atoms with Crippen LogP contribution in [-0.4, -0.2) is 33.8 Å². The minimum atomic E-state index is -0.331. The second-order valence-electron chi connectivity index (χ2n) is 3.45. The molecule has 0 atom stereocenters. The van der Waals surface area contributed by atoms with E-state index in [0.29, 0.717) is 11.5 Å². The lowest BCUT2D eigenvalue weighted by atomic mass is 10.1. The van der Waals surface area contributed by atoms with Gasteiger partial charge in [-0.1, -0.05) is 0 Å². The van der Waals surface area contributed by atoms with Crippen molar-refractivity contribution in [2.24, 2.45) is 0 Å². The third kappa shape index (κ3) is 3.27. The quantitative estimate of drug-likeness (QED) is 0.791. The average molecular weight is 239 g/mol. The molecule has 5 heteroatoms. The maximum atomic E-state index is 11.1. The number of aryl methyl sites for hydroxylation is 1. The zero-order valence-electron chi connectivity index (χ0n) is 10.5. The van der Waals surface area contributed by atoms with Crippen LogP contribution in [0.25, 0.3) is 0 Å². The molecule has 0 amide bonds. The van der Waals surface area contributed by atoms with Crippen molar-refractivity contribution in [3.8, 4) is 11.5 Å². The Labute approximate surface area is 101 Å². The van der Waals surface area contributed by atoms with Gasteiger partial charge in [-0.3, -0.25) is 4.79 Å². The Morgan fingerprint density at radius 3 is 2.47 bits per heavy atom. The highest BCUT2D eigenvalue weighted by Gasteiger charge is 2.10. The summed E-state index contributed by atoms with van der Waals surface area (Å²) in [6.45, 7) is 2.00. The summed E-state index contributed by atoms with van der Waals surface area (Å²) >= 11 is 0. The molecule has 0 aromatic heterocycles. The Morgan fingerprint density at radius 1 is 1.24 bits per heavy atom. The lowest BCUT2D eigenvalue weighted by molar-refractivity contribution is -0.138. The van der Waals surface area contributed by atoms with Gasteiger partial charge in [0.05, 0.1) is 27.0 Å². The summed E-state index contributed by atoms with van der Waals surface area (Å²) in [4.78, 5) is 11.1. The fraction of sp³-hybridized carbons (Fsp3) is 0.417. The third-order valence-electron chi connectivity index (χ3n) is 2.37. The van der Waals surface area contributed by atoms with Gasteiger partial charge in [-0.25, -0.2) is 0 Å². The molecule has 0 fully saturated rings. The molecule has 0 bridgehead atoms. The van der Waals surface area contributed by atoms with Crippen molar-refractivity contribution in [3.63, 3.8) is 0 Å². The summed E-state index contributed by atoms with van der Waals surface area (Å²) in [5.41, 5.74) is 1.70. The number of esters is 1. The van der Waals surface area contributed by atoms with E-state index >= 15 is 0 Å². The first-order chi connectivity index (χ1) is 8.12. The summed E-state index contributed by atoms with van der Waals surface area (Å²) in [6.07, 6.45) is 0. The predicted octanol–water partition coefficient (Wildman–Crippen LogP) is 1.60. The van der Waals surface area contributed by atoms with Crippen molar-refractivity contribution in [1.29, 1.82) is 0 Å². The lowest BCUT2D eigenvalue weighted by Crippen LogP contribution is -2.16. The van der Waals surface area contributed by atoms with Crippen LogP contribution in [0.4, 0.5) is 5.69 Å². The lowest BCUT2D eigenvalue weighted by Gasteiger charge is -2.14. The second kappa shape index (κ2) is 5.98. The monoisotopic (exact) mass is 239 g/mol. The SMILES string of the molecule is COC(=O)CNc1c(C)cc(OC)cc1OC. The topological polar surface area (TPSA) is 56.8 Å². The molecule has 0 heterocycles. The molecule has 0 radical (unpaired) electrons. The average Bonchev–Trinajstić information content (AvgIpc) is 2.35. The molecule has 0 aliphatic carbocycles. The minimum Gasteiger partial charge on any atom is -0.497 e. The Morgan fingerprint density at radius 2 is 1.94 bits per heavy atom. The number of hydrogen-bond acceptors (Lipinski definition) is 5. The highest BCUT2D eigenvalue weighted by Crippen LogP contribution is 2.32. The number of rotatable bonds is 5. The van der Waals surface area contributed by atoms with Crippen LogP contribution in [0.2, 0.25) is 0 Å². The van der Waals surface area contributed by atoms with Crippen LogP contribution in [0.1, 0.15) is 5.56 Å². The summed E-state index contributed by atoms with van der Waals surface area (Å²) in [7, 11) is 4.51. The number of carbonyl (C=O) groups excluding carboxylic acids is 1. The molecule has 94 valence electrons. The maximum absolute atomic E-state index is 11.1. The van der Waals surface area contributed by atoms with Gasteiger partial charge < -0.3 is 19.5 Å². The largest absolute Gasteiger partial charge is 0.497 e. The highest BCUT2D eigenvalue weighted by atomic mass is 16.5. The number of carbonyl (C=O) groups is 1. The number of ether oxygens (including phenoxy) is 3. The van der Waals surface area contributed by atoms with Gasteiger partial charge in [0.25, 0.3) is 0 Å². The summed E-state index contributed by atoms with van der Waals surface area (Å²) in [6, 6.07) is 3.62. The number of benzene rings is 1. The van der Waals surface area contributed by atoms with Crippen molar-refractivity contribution in [2.45, 2.75) is 6.92 Å². The maximum Gasteiger partial charge on any atom is 0.325 e. The van der Waals surface area contributed by atoms with Crippen molar-refractivity contribution < 1.29 is 19.0 Å². The first-order valence-electron chi connectivity index (χ1n) is 5.15. The van der Waals surface area contributed by atoms with E-state index in [2.05, 4.69) is 10.1 Å². The van der Waals surface area contributed by atoms with E-state index in [0.717, 1.165) is 11.3 Å². The first-order valence-corrected chi connectivity index (χ1v) is 5.15. The Hall–Kier alpha value is -1.91. The van der Waals surface area contributed by atoms with Crippen molar-refractivity contribution in [3.05, 3.63) is 17.7 Å². The molecule has 0 unspecified atom stereocenters. The summed E-state index contributed by atoms with van der Waals surface area (Å²) < 4.78 is 14.9. The van der Waals surface area contributed by atoms with Crippen molar-refractivity contribution in [1.82, 2.24) is 0 Å². The minimum absolute atomic E-state index is 0.0973. The standard InChI is InChI=1S/C12H17NO4/c1-8-5-9(15-2)6-10(16-3)12(8)13-7-11(14)17-4/h5-6,13H,7H2,1-4H3. The molecular formula is C12H17NO4. The van der Waals surface area contributed by atoms with Gasteiger partial charge in [-0.05, 0) is 18.6 Å². The van der Waals surface area contributed by atoms with Gasteiger partial charge in [-0.15, -0.1) is 0 Å². The molecule has 1 rings (SSSR count). The van der Waals surface area contributed by atoms with Gasteiger partial charge in [-0.2, -0.15) is 0 Å². The highest BCUT2D eigenvalue weighted by molar-refractivity contribution is 5.77. The molecule has 0 aliphatic heterocycles.